The molecule has 156 valence electrons. The topological polar surface area (TPSA) is 91.0 Å². The van der Waals surface area contributed by atoms with Gasteiger partial charge in [0.25, 0.3) is 0 Å². The third kappa shape index (κ3) is 3.93. The molecule has 0 saturated carbocycles. The normalized spacial score (nSPS) is 12.8. The van der Waals surface area contributed by atoms with Crippen LogP contribution in [0.4, 0.5) is 5.69 Å². The third-order valence-electron chi connectivity index (χ3n) is 5.15. The number of nitrogens with zero attached hydrogens (tertiary/aromatic N) is 4. The zero-order valence-corrected chi connectivity index (χ0v) is 17.4. The van der Waals surface area contributed by atoms with Gasteiger partial charge in [-0.3, -0.25) is 20.4 Å². The molecule has 0 amide bonds. The average molecular weight is 413 g/mol. The molecule has 1 aliphatic heterocycles. The molecule has 0 radical (unpaired) electrons. The summed E-state index contributed by atoms with van der Waals surface area (Å²) in [7, 11) is 4.04. The molecular weight excluding hydrogens is 390 g/mol. The molecule has 8 heteroatoms. The second-order valence-electron chi connectivity index (χ2n) is 7.65. The summed E-state index contributed by atoms with van der Waals surface area (Å²) in [6.07, 6.45) is 10.9. The maximum absolute atomic E-state index is 5.84. The van der Waals surface area contributed by atoms with Crippen molar-refractivity contribution in [3.05, 3.63) is 72.7 Å². The first kappa shape index (κ1) is 19.1. The monoisotopic (exact) mass is 413 g/mol. The lowest BCUT2D eigenvalue weighted by atomic mass is 10.00. The number of rotatable bonds is 6. The van der Waals surface area contributed by atoms with Gasteiger partial charge in [0.15, 0.2) is 0 Å². The van der Waals surface area contributed by atoms with Crippen LogP contribution in [-0.4, -0.2) is 52.1 Å². The number of likely N-dealkylation sites (N-methyl/N-ethyl adjacent to an activating group) is 1. The Balaban J connectivity index is 1.47. The second kappa shape index (κ2) is 8.08. The van der Waals surface area contributed by atoms with Crippen LogP contribution in [0.15, 0.2) is 61.4 Å². The summed E-state index contributed by atoms with van der Waals surface area (Å²) in [4.78, 5) is 18.7. The zero-order valence-electron chi connectivity index (χ0n) is 17.4. The molecule has 1 aliphatic rings. The van der Waals surface area contributed by atoms with Crippen LogP contribution < -0.4 is 15.6 Å². The van der Waals surface area contributed by atoms with E-state index in [0.717, 1.165) is 57.0 Å². The number of fused-ring (bicyclic) bond motifs is 2. The first-order valence-corrected chi connectivity index (χ1v) is 10.1. The minimum atomic E-state index is 0.605. The Morgan fingerprint density at radius 2 is 1.97 bits per heavy atom. The van der Waals surface area contributed by atoms with Crippen molar-refractivity contribution in [1.82, 2.24) is 30.3 Å². The highest BCUT2D eigenvalue weighted by molar-refractivity contribution is 5.92. The van der Waals surface area contributed by atoms with Crippen LogP contribution in [0.2, 0.25) is 0 Å². The fourth-order valence-electron chi connectivity index (χ4n) is 3.52. The molecule has 8 nitrogen and oxygen atoms in total. The van der Waals surface area contributed by atoms with Crippen molar-refractivity contribution in [3.8, 4) is 17.0 Å². The van der Waals surface area contributed by atoms with Crippen LogP contribution >= 0.6 is 0 Å². The van der Waals surface area contributed by atoms with Crippen LogP contribution in [0.25, 0.3) is 27.7 Å². The number of hydrazine groups is 1. The molecule has 0 spiro atoms. The number of aromatic amines is 1. The van der Waals surface area contributed by atoms with Gasteiger partial charge in [0.1, 0.15) is 12.4 Å². The highest BCUT2D eigenvalue weighted by atomic mass is 16.5. The number of H-pyrrole nitrogens is 1. The van der Waals surface area contributed by atoms with Crippen molar-refractivity contribution in [2.45, 2.75) is 0 Å². The molecule has 31 heavy (non-hydrogen) atoms. The molecule has 4 aromatic rings. The van der Waals surface area contributed by atoms with E-state index < -0.39 is 0 Å². The third-order valence-corrected chi connectivity index (χ3v) is 5.15. The van der Waals surface area contributed by atoms with Gasteiger partial charge in [0.2, 0.25) is 0 Å². The van der Waals surface area contributed by atoms with Crippen molar-refractivity contribution in [3.63, 3.8) is 0 Å². The lowest BCUT2D eigenvalue weighted by molar-refractivity contribution is 0.261. The summed E-state index contributed by atoms with van der Waals surface area (Å²) in [6.45, 7) is 1.45. The summed E-state index contributed by atoms with van der Waals surface area (Å²) < 4.78 is 5.84. The molecule has 0 saturated heterocycles. The Kier molecular flexibility index (Phi) is 4.97. The maximum Gasteiger partial charge on any atom is 0.138 e. The number of anilines is 1. The van der Waals surface area contributed by atoms with E-state index in [-0.39, 0.29) is 0 Å². The molecular formula is C23H23N7O. The molecule has 0 atom stereocenters. The Morgan fingerprint density at radius 1 is 1.03 bits per heavy atom. The second-order valence-corrected chi connectivity index (χ2v) is 7.65. The summed E-state index contributed by atoms with van der Waals surface area (Å²) in [5.41, 5.74) is 13.0. The maximum atomic E-state index is 5.84. The molecule has 5 rings (SSSR count). The number of nitrogens with one attached hydrogen (secondary N) is 3. The van der Waals surface area contributed by atoms with Crippen LogP contribution in [0, 0.1) is 0 Å². The Bertz CT molecular complexity index is 1230. The quantitative estimate of drug-likeness (QED) is 0.447. The first-order valence-electron chi connectivity index (χ1n) is 10.1. The predicted molar refractivity (Wildman–Crippen MR) is 121 cm³/mol. The van der Waals surface area contributed by atoms with E-state index >= 15 is 0 Å². The summed E-state index contributed by atoms with van der Waals surface area (Å²) in [5, 5.41) is 1.12. The van der Waals surface area contributed by atoms with Crippen LogP contribution in [-0.2, 0) is 0 Å². The van der Waals surface area contributed by atoms with Crippen molar-refractivity contribution in [2.75, 3.05) is 32.7 Å². The predicted octanol–water partition coefficient (Wildman–Crippen LogP) is 3.28. The largest absolute Gasteiger partial charge is 0.491 e. The molecule has 4 aromatic heterocycles. The van der Waals surface area contributed by atoms with Gasteiger partial charge in [-0.2, -0.15) is 0 Å². The van der Waals surface area contributed by atoms with E-state index in [2.05, 4.69) is 47.8 Å². The summed E-state index contributed by atoms with van der Waals surface area (Å²) in [5.74, 6) is 0.734. The van der Waals surface area contributed by atoms with Crippen molar-refractivity contribution >= 4 is 22.2 Å². The number of hydrogen-bond acceptors (Lipinski definition) is 7. The number of hydrogen-bond donors (Lipinski definition) is 3. The standard InChI is InChI=1S/C23H23N7O/c1-30(2)5-6-31-17-7-16(10-25-11-17)20-9-18-19(12-27-29-23(18)14-26-20)21-8-15-3-4-24-13-22(15)28-21/h3-4,7-14,27-29H,5-6H2,1-2H3. The average Bonchev–Trinajstić information content (AvgIpc) is 3.22. The summed E-state index contributed by atoms with van der Waals surface area (Å²) >= 11 is 0. The Labute approximate surface area is 180 Å². The molecule has 0 aliphatic carbocycles. The van der Waals surface area contributed by atoms with Crippen molar-refractivity contribution in [2.24, 2.45) is 0 Å². The van der Waals surface area contributed by atoms with Crippen LogP contribution in [0.3, 0.4) is 0 Å². The van der Waals surface area contributed by atoms with Gasteiger partial charge in [-0.1, -0.05) is 0 Å². The van der Waals surface area contributed by atoms with Gasteiger partial charge in [-0.15, -0.1) is 0 Å². The van der Waals surface area contributed by atoms with Crippen molar-refractivity contribution in [1.29, 1.82) is 0 Å². The van der Waals surface area contributed by atoms with Gasteiger partial charge in [-0.05, 0) is 38.4 Å². The van der Waals surface area contributed by atoms with E-state index in [1.165, 1.54) is 0 Å². The lowest BCUT2D eigenvalue weighted by Crippen LogP contribution is -2.21. The van der Waals surface area contributed by atoms with E-state index in [4.69, 9.17) is 4.74 Å². The van der Waals surface area contributed by atoms with Crippen molar-refractivity contribution < 1.29 is 4.74 Å². The summed E-state index contributed by atoms with van der Waals surface area (Å²) in [6, 6.07) is 8.17. The minimum absolute atomic E-state index is 0.605. The number of pyridine rings is 3. The van der Waals surface area contributed by atoms with Gasteiger partial charge in [-0.25, -0.2) is 0 Å². The van der Waals surface area contributed by atoms with Crippen LogP contribution in [0.1, 0.15) is 11.3 Å². The van der Waals surface area contributed by atoms with Gasteiger partial charge in [0, 0.05) is 52.9 Å². The van der Waals surface area contributed by atoms with E-state index in [0.29, 0.717) is 6.61 Å². The van der Waals surface area contributed by atoms with Gasteiger partial charge >= 0.3 is 0 Å². The zero-order chi connectivity index (χ0) is 21.2. The molecule has 0 aromatic carbocycles. The highest BCUT2D eigenvalue weighted by Crippen LogP contribution is 2.34. The number of ether oxygens (including phenoxy) is 1. The van der Waals surface area contributed by atoms with Gasteiger partial charge in [0.05, 0.1) is 35.5 Å². The highest BCUT2D eigenvalue weighted by Gasteiger charge is 2.18. The SMILES string of the molecule is CN(C)CCOc1cncc(-c2cc3c(cn2)NNC=C3c2cc3ccncc3[nH]2)c1. The minimum Gasteiger partial charge on any atom is -0.491 e. The fourth-order valence-corrected chi connectivity index (χ4v) is 3.52. The molecule has 0 fully saturated rings. The van der Waals surface area contributed by atoms with Crippen LogP contribution in [0.5, 0.6) is 5.75 Å². The molecule has 5 heterocycles. The molecule has 0 bridgehead atoms. The first-order chi connectivity index (χ1) is 15.2. The van der Waals surface area contributed by atoms with Gasteiger partial charge < -0.3 is 20.0 Å². The molecule has 3 N–H and O–H groups in total. The Morgan fingerprint density at radius 3 is 2.84 bits per heavy atom. The lowest BCUT2D eigenvalue weighted by Gasteiger charge is -2.20. The molecule has 0 unspecified atom stereocenters. The smallest absolute Gasteiger partial charge is 0.138 e. The fraction of sp³-hybridized carbons (Fsp3) is 0.174. The Hall–Kier alpha value is -3.91. The van der Waals surface area contributed by atoms with E-state index in [1.54, 1.807) is 18.6 Å². The number of aromatic nitrogens is 4. The van der Waals surface area contributed by atoms with E-state index in [9.17, 15) is 0 Å². The van der Waals surface area contributed by atoms with E-state index in [1.807, 2.05) is 44.8 Å².